The lowest BCUT2D eigenvalue weighted by Crippen LogP contribution is -2.34. The molecule has 15 heavy (non-hydrogen) atoms. The van der Waals surface area contributed by atoms with Crippen molar-refractivity contribution >= 4 is 18.3 Å². The number of carbonyl (C=O) groups is 1. The highest BCUT2D eigenvalue weighted by Crippen LogP contribution is 1.90. The number of likely N-dealkylation sites (N-methyl/N-ethyl adjacent to an activating group) is 1. The zero-order valence-corrected chi connectivity index (χ0v) is 10.6. The Labute approximate surface area is 99.0 Å². The standard InChI is InChI=1S/C10H23N3O.ClH/c1-3-4-8-13(2)9-7-12-10(14)5-6-11;/h3-9,11H2,1-2H3,(H,12,14);1H. The first-order valence-corrected chi connectivity index (χ1v) is 5.36. The van der Waals surface area contributed by atoms with E-state index in [4.69, 9.17) is 5.73 Å². The summed E-state index contributed by atoms with van der Waals surface area (Å²) in [5.41, 5.74) is 5.26. The molecule has 0 saturated carbocycles. The molecule has 4 nitrogen and oxygen atoms in total. The van der Waals surface area contributed by atoms with E-state index in [2.05, 4.69) is 24.2 Å². The van der Waals surface area contributed by atoms with Gasteiger partial charge in [-0.05, 0) is 20.0 Å². The lowest BCUT2D eigenvalue weighted by Gasteiger charge is -2.16. The van der Waals surface area contributed by atoms with Gasteiger partial charge in [0.05, 0.1) is 0 Å². The third-order valence-corrected chi connectivity index (χ3v) is 2.08. The molecule has 0 atom stereocenters. The molecule has 0 heterocycles. The van der Waals surface area contributed by atoms with E-state index in [1.165, 1.54) is 12.8 Å². The van der Waals surface area contributed by atoms with Crippen LogP contribution in [0.1, 0.15) is 26.2 Å². The molecule has 92 valence electrons. The summed E-state index contributed by atoms with van der Waals surface area (Å²) < 4.78 is 0. The van der Waals surface area contributed by atoms with Gasteiger partial charge in [0, 0.05) is 26.1 Å². The maximum Gasteiger partial charge on any atom is 0.221 e. The predicted molar refractivity (Wildman–Crippen MR) is 66.3 cm³/mol. The van der Waals surface area contributed by atoms with Crippen molar-refractivity contribution in [3.05, 3.63) is 0 Å². The Morgan fingerprint density at radius 1 is 1.40 bits per heavy atom. The monoisotopic (exact) mass is 237 g/mol. The molecule has 0 unspecified atom stereocenters. The van der Waals surface area contributed by atoms with Crippen LogP contribution in [0.4, 0.5) is 0 Å². The highest BCUT2D eigenvalue weighted by Gasteiger charge is 2.00. The largest absolute Gasteiger partial charge is 0.355 e. The molecule has 0 fully saturated rings. The summed E-state index contributed by atoms with van der Waals surface area (Å²) in [6.07, 6.45) is 2.86. The number of rotatable bonds is 8. The molecule has 0 saturated heterocycles. The molecule has 0 bridgehead atoms. The van der Waals surface area contributed by atoms with Crippen LogP contribution in [-0.4, -0.2) is 44.0 Å². The summed E-state index contributed by atoms with van der Waals surface area (Å²) in [4.78, 5) is 13.3. The summed E-state index contributed by atoms with van der Waals surface area (Å²) in [5, 5.41) is 2.83. The van der Waals surface area contributed by atoms with Crippen molar-refractivity contribution in [1.29, 1.82) is 0 Å². The zero-order chi connectivity index (χ0) is 10.8. The molecular formula is C10H24ClN3O. The fourth-order valence-electron chi connectivity index (χ4n) is 1.15. The molecule has 0 aliphatic carbocycles. The summed E-state index contributed by atoms with van der Waals surface area (Å²) >= 11 is 0. The second kappa shape index (κ2) is 11.8. The molecular weight excluding hydrogens is 214 g/mol. The Hall–Kier alpha value is -0.320. The van der Waals surface area contributed by atoms with Crippen LogP contribution >= 0.6 is 12.4 Å². The number of nitrogens with two attached hydrogens (primary N) is 1. The van der Waals surface area contributed by atoms with E-state index in [-0.39, 0.29) is 18.3 Å². The quantitative estimate of drug-likeness (QED) is 0.650. The van der Waals surface area contributed by atoms with Crippen LogP contribution in [0, 0.1) is 0 Å². The summed E-state index contributed by atoms with van der Waals surface area (Å²) in [7, 11) is 2.07. The van der Waals surface area contributed by atoms with Crippen LogP contribution < -0.4 is 11.1 Å². The first-order valence-electron chi connectivity index (χ1n) is 5.36. The van der Waals surface area contributed by atoms with Crippen molar-refractivity contribution in [2.45, 2.75) is 26.2 Å². The molecule has 0 aliphatic heterocycles. The molecule has 1 amide bonds. The number of nitrogens with zero attached hydrogens (tertiary/aromatic N) is 1. The number of amides is 1. The van der Waals surface area contributed by atoms with Crippen molar-refractivity contribution in [3.63, 3.8) is 0 Å². The molecule has 0 aromatic carbocycles. The van der Waals surface area contributed by atoms with E-state index in [0.29, 0.717) is 13.0 Å². The molecule has 0 aliphatic rings. The maximum absolute atomic E-state index is 11.0. The number of unbranched alkanes of at least 4 members (excludes halogenated alkanes) is 1. The first-order chi connectivity index (χ1) is 6.70. The van der Waals surface area contributed by atoms with Gasteiger partial charge in [-0.15, -0.1) is 12.4 Å². The summed E-state index contributed by atoms with van der Waals surface area (Å²) in [5.74, 6) is 0.0522. The van der Waals surface area contributed by atoms with Gasteiger partial charge >= 0.3 is 0 Å². The lowest BCUT2D eigenvalue weighted by atomic mass is 10.3. The van der Waals surface area contributed by atoms with Gasteiger partial charge in [-0.3, -0.25) is 4.79 Å². The van der Waals surface area contributed by atoms with Crippen LogP contribution in [0.3, 0.4) is 0 Å². The van der Waals surface area contributed by atoms with Gasteiger partial charge in [0.1, 0.15) is 0 Å². The van der Waals surface area contributed by atoms with Gasteiger partial charge in [-0.25, -0.2) is 0 Å². The second-order valence-corrected chi connectivity index (χ2v) is 3.55. The van der Waals surface area contributed by atoms with Crippen LogP contribution in [0.25, 0.3) is 0 Å². The highest BCUT2D eigenvalue weighted by molar-refractivity contribution is 5.85. The molecule has 0 rings (SSSR count). The number of halogens is 1. The average Bonchev–Trinajstić information content (AvgIpc) is 2.15. The third kappa shape index (κ3) is 11.6. The van der Waals surface area contributed by atoms with Gasteiger partial charge in [-0.2, -0.15) is 0 Å². The van der Waals surface area contributed by atoms with Gasteiger partial charge < -0.3 is 16.0 Å². The lowest BCUT2D eigenvalue weighted by molar-refractivity contribution is -0.120. The van der Waals surface area contributed by atoms with E-state index < -0.39 is 0 Å². The minimum atomic E-state index is 0. The predicted octanol–water partition coefficient (Wildman–Crippen LogP) is 0.605. The van der Waals surface area contributed by atoms with E-state index >= 15 is 0 Å². The SMILES string of the molecule is CCCCN(C)CCNC(=O)CCN.Cl. The minimum Gasteiger partial charge on any atom is -0.355 e. The number of hydrogen-bond acceptors (Lipinski definition) is 3. The number of carbonyl (C=O) groups excluding carboxylic acids is 1. The number of nitrogens with one attached hydrogen (secondary N) is 1. The maximum atomic E-state index is 11.0. The van der Waals surface area contributed by atoms with Gasteiger partial charge in [0.15, 0.2) is 0 Å². The minimum absolute atomic E-state index is 0. The van der Waals surface area contributed by atoms with E-state index in [0.717, 1.165) is 19.6 Å². The van der Waals surface area contributed by atoms with Crippen LogP contribution in [0.15, 0.2) is 0 Å². The fraction of sp³-hybridized carbons (Fsp3) is 0.900. The van der Waals surface area contributed by atoms with Crippen molar-refractivity contribution in [1.82, 2.24) is 10.2 Å². The van der Waals surface area contributed by atoms with Crippen LogP contribution in [0.2, 0.25) is 0 Å². The number of hydrogen-bond donors (Lipinski definition) is 2. The molecule has 0 spiro atoms. The molecule has 0 aromatic rings. The van der Waals surface area contributed by atoms with Crippen molar-refractivity contribution in [3.8, 4) is 0 Å². The molecule has 0 radical (unpaired) electrons. The second-order valence-electron chi connectivity index (χ2n) is 3.55. The highest BCUT2D eigenvalue weighted by atomic mass is 35.5. The third-order valence-electron chi connectivity index (χ3n) is 2.08. The first kappa shape index (κ1) is 17.1. The Morgan fingerprint density at radius 2 is 2.07 bits per heavy atom. The van der Waals surface area contributed by atoms with Gasteiger partial charge in [0.25, 0.3) is 0 Å². The topological polar surface area (TPSA) is 58.4 Å². The normalized spacial score (nSPS) is 9.87. The van der Waals surface area contributed by atoms with E-state index in [9.17, 15) is 4.79 Å². The van der Waals surface area contributed by atoms with Gasteiger partial charge in [-0.1, -0.05) is 13.3 Å². The van der Waals surface area contributed by atoms with E-state index in [1.54, 1.807) is 0 Å². The average molecular weight is 238 g/mol. The molecule has 0 aromatic heterocycles. The molecule has 5 heteroatoms. The Morgan fingerprint density at radius 3 is 2.60 bits per heavy atom. The van der Waals surface area contributed by atoms with Crippen LogP contribution in [-0.2, 0) is 4.79 Å². The van der Waals surface area contributed by atoms with E-state index in [1.807, 2.05) is 0 Å². The fourth-order valence-corrected chi connectivity index (χ4v) is 1.15. The van der Waals surface area contributed by atoms with Crippen LogP contribution in [0.5, 0.6) is 0 Å². The summed E-state index contributed by atoms with van der Waals surface area (Å²) in [6, 6.07) is 0. The van der Waals surface area contributed by atoms with Gasteiger partial charge in [0.2, 0.25) is 5.91 Å². The van der Waals surface area contributed by atoms with Crippen molar-refractivity contribution in [2.24, 2.45) is 5.73 Å². The Kier molecular flexibility index (Phi) is 13.4. The molecule has 3 N–H and O–H groups in total. The Bertz CT molecular complexity index is 156. The smallest absolute Gasteiger partial charge is 0.221 e. The van der Waals surface area contributed by atoms with Crippen molar-refractivity contribution < 1.29 is 4.79 Å². The zero-order valence-electron chi connectivity index (χ0n) is 9.79. The van der Waals surface area contributed by atoms with Crippen molar-refractivity contribution in [2.75, 3.05) is 33.2 Å². The Balaban J connectivity index is 0. The summed E-state index contributed by atoms with van der Waals surface area (Å²) in [6.45, 7) is 5.34.